The molecule has 0 unspecified atom stereocenters. The molecule has 1 aromatic heterocycles. The molecule has 18 heavy (non-hydrogen) atoms. The number of halogens is 3. The third kappa shape index (κ3) is 3.68. The third-order valence-electron chi connectivity index (χ3n) is 2.05. The summed E-state index contributed by atoms with van der Waals surface area (Å²) >= 11 is 0. The summed E-state index contributed by atoms with van der Waals surface area (Å²) in [6.45, 7) is -1.75. The number of hydrogen-bond acceptors (Lipinski definition) is 4. The molecule has 10 heteroatoms. The van der Waals surface area contributed by atoms with Gasteiger partial charge in [-0.1, -0.05) is 0 Å². The Morgan fingerprint density at radius 3 is 2.61 bits per heavy atom. The van der Waals surface area contributed by atoms with E-state index in [0.717, 1.165) is 24.1 Å². The third-order valence-corrected chi connectivity index (χ3v) is 3.81. The van der Waals surface area contributed by atoms with Crippen LogP contribution < -0.4 is 0 Å². The van der Waals surface area contributed by atoms with E-state index in [4.69, 9.17) is 5.11 Å². The molecular formula is C8H12F3N3O3S. The van der Waals surface area contributed by atoms with Gasteiger partial charge >= 0.3 is 6.18 Å². The van der Waals surface area contributed by atoms with Crippen molar-refractivity contribution in [2.45, 2.75) is 17.6 Å². The van der Waals surface area contributed by atoms with Gasteiger partial charge < -0.3 is 5.11 Å². The van der Waals surface area contributed by atoms with Gasteiger partial charge in [-0.05, 0) is 0 Å². The lowest BCUT2D eigenvalue weighted by Gasteiger charge is -2.17. The van der Waals surface area contributed by atoms with E-state index in [1.54, 1.807) is 0 Å². The largest absolute Gasteiger partial charge is 0.402 e. The maximum atomic E-state index is 12.1. The Morgan fingerprint density at radius 2 is 2.11 bits per heavy atom. The maximum absolute atomic E-state index is 12.1. The molecule has 0 aromatic carbocycles. The van der Waals surface area contributed by atoms with E-state index in [1.807, 2.05) is 0 Å². The van der Waals surface area contributed by atoms with Gasteiger partial charge in [-0.25, -0.2) is 8.42 Å². The molecule has 0 saturated carbocycles. The lowest BCUT2D eigenvalue weighted by Crippen LogP contribution is -2.35. The molecule has 0 aliphatic carbocycles. The number of rotatable bonds is 5. The molecule has 0 atom stereocenters. The Kier molecular flexibility index (Phi) is 4.35. The van der Waals surface area contributed by atoms with Crippen LogP contribution >= 0.6 is 0 Å². The fourth-order valence-corrected chi connectivity index (χ4v) is 2.33. The number of nitrogens with zero attached hydrogens (tertiary/aromatic N) is 3. The van der Waals surface area contributed by atoms with Crippen LogP contribution in [0.25, 0.3) is 0 Å². The Morgan fingerprint density at radius 1 is 1.50 bits per heavy atom. The number of hydrogen-bond donors (Lipinski definition) is 1. The number of aliphatic hydroxyl groups excluding tert-OH is 1. The molecule has 0 aliphatic heterocycles. The second-order valence-electron chi connectivity index (χ2n) is 3.54. The van der Waals surface area contributed by atoms with Gasteiger partial charge in [0.15, 0.2) is 0 Å². The second kappa shape index (κ2) is 5.24. The minimum Gasteiger partial charge on any atom is -0.394 e. The van der Waals surface area contributed by atoms with E-state index in [9.17, 15) is 21.6 Å². The molecule has 0 aliphatic rings. The van der Waals surface area contributed by atoms with Gasteiger partial charge in [0.1, 0.15) is 11.4 Å². The molecular weight excluding hydrogens is 275 g/mol. The summed E-state index contributed by atoms with van der Waals surface area (Å²) in [6, 6.07) is 0. The first-order valence-corrected chi connectivity index (χ1v) is 6.27. The molecule has 0 saturated heterocycles. The van der Waals surface area contributed by atoms with Gasteiger partial charge in [0.25, 0.3) is 0 Å². The first kappa shape index (κ1) is 14.9. The Balaban J connectivity index is 2.91. The normalized spacial score (nSPS) is 13.2. The molecule has 0 spiro atoms. The molecule has 1 aromatic rings. The van der Waals surface area contributed by atoms with Crippen LogP contribution in [-0.4, -0.2) is 54.0 Å². The molecule has 0 radical (unpaired) electrons. The molecule has 1 rings (SSSR count). The van der Waals surface area contributed by atoms with Crippen LogP contribution in [0.2, 0.25) is 0 Å². The van der Waals surface area contributed by atoms with Crippen LogP contribution in [0, 0.1) is 0 Å². The van der Waals surface area contributed by atoms with Crippen molar-refractivity contribution in [2.24, 2.45) is 0 Å². The number of sulfonamides is 1. The first-order chi connectivity index (χ1) is 8.16. The SMILES string of the molecule is CN(CC(F)(F)F)S(=O)(=O)c1cnn(CCO)c1. The van der Waals surface area contributed by atoms with Crippen molar-refractivity contribution in [1.29, 1.82) is 0 Å². The molecule has 0 amide bonds. The minimum atomic E-state index is -4.61. The first-order valence-electron chi connectivity index (χ1n) is 4.83. The van der Waals surface area contributed by atoms with Crippen molar-refractivity contribution in [3.05, 3.63) is 12.4 Å². The highest BCUT2D eigenvalue weighted by atomic mass is 32.2. The average molecular weight is 287 g/mol. The number of alkyl halides is 3. The minimum absolute atomic E-state index is 0.0680. The zero-order valence-corrected chi connectivity index (χ0v) is 10.2. The van der Waals surface area contributed by atoms with Gasteiger partial charge in [0, 0.05) is 13.2 Å². The van der Waals surface area contributed by atoms with Crippen molar-refractivity contribution in [1.82, 2.24) is 14.1 Å². The summed E-state index contributed by atoms with van der Waals surface area (Å²) in [5, 5.41) is 12.2. The van der Waals surface area contributed by atoms with E-state index in [2.05, 4.69) is 5.10 Å². The Hall–Kier alpha value is -1.13. The molecule has 0 fully saturated rings. The van der Waals surface area contributed by atoms with Crippen LogP contribution in [0.15, 0.2) is 17.3 Å². The lowest BCUT2D eigenvalue weighted by atomic mass is 10.6. The Bertz CT molecular complexity index is 497. The van der Waals surface area contributed by atoms with Crippen molar-refractivity contribution in [3.63, 3.8) is 0 Å². The van der Waals surface area contributed by atoms with Crippen LogP contribution in [0.1, 0.15) is 0 Å². The van der Waals surface area contributed by atoms with Gasteiger partial charge in [0.05, 0.1) is 19.3 Å². The van der Waals surface area contributed by atoms with Crippen molar-refractivity contribution in [2.75, 3.05) is 20.2 Å². The lowest BCUT2D eigenvalue weighted by molar-refractivity contribution is -0.134. The van der Waals surface area contributed by atoms with Crippen LogP contribution in [0.5, 0.6) is 0 Å². The van der Waals surface area contributed by atoms with Gasteiger partial charge in [-0.2, -0.15) is 22.6 Å². The summed E-state index contributed by atoms with van der Waals surface area (Å²) in [4.78, 5) is -0.345. The van der Waals surface area contributed by atoms with E-state index < -0.39 is 22.7 Å². The Labute approximate surface area is 102 Å². The smallest absolute Gasteiger partial charge is 0.394 e. The summed E-state index contributed by atoms with van der Waals surface area (Å²) < 4.78 is 61.2. The van der Waals surface area contributed by atoms with Crippen LogP contribution in [-0.2, 0) is 16.6 Å². The zero-order valence-electron chi connectivity index (χ0n) is 9.42. The fraction of sp³-hybridized carbons (Fsp3) is 0.625. The topological polar surface area (TPSA) is 75.4 Å². The fourth-order valence-electron chi connectivity index (χ4n) is 1.22. The predicted molar refractivity (Wildman–Crippen MR) is 55.2 cm³/mol. The van der Waals surface area contributed by atoms with Crippen LogP contribution in [0.3, 0.4) is 0 Å². The summed E-state index contributed by atoms with van der Waals surface area (Å²) in [6.07, 6.45) is -2.60. The maximum Gasteiger partial charge on any atom is 0.402 e. The predicted octanol–water partition coefficient (Wildman–Crippen LogP) is 0.0582. The molecule has 0 bridgehead atoms. The van der Waals surface area contributed by atoms with Gasteiger partial charge in [0.2, 0.25) is 10.0 Å². The highest BCUT2D eigenvalue weighted by molar-refractivity contribution is 7.89. The highest BCUT2D eigenvalue weighted by Crippen LogP contribution is 2.20. The average Bonchev–Trinajstić information content (AvgIpc) is 2.64. The van der Waals surface area contributed by atoms with Gasteiger partial charge in [-0.15, -0.1) is 0 Å². The van der Waals surface area contributed by atoms with Crippen molar-refractivity contribution < 1.29 is 26.7 Å². The monoisotopic (exact) mass is 287 g/mol. The van der Waals surface area contributed by atoms with E-state index in [1.165, 1.54) is 0 Å². The molecule has 1 N–H and O–H groups in total. The van der Waals surface area contributed by atoms with E-state index in [0.29, 0.717) is 0 Å². The van der Waals surface area contributed by atoms with Crippen LogP contribution in [0.4, 0.5) is 13.2 Å². The highest BCUT2D eigenvalue weighted by Gasteiger charge is 2.35. The quantitative estimate of drug-likeness (QED) is 0.831. The molecule has 104 valence electrons. The summed E-state index contributed by atoms with van der Waals surface area (Å²) in [5.41, 5.74) is 0. The molecule has 1 heterocycles. The van der Waals surface area contributed by atoms with Gasteiger partial charge in [-0.3, -0.25) is 4.68 Å². The van der Waals surface area contributed by atoms with Crippen molar-refractivity contribution >= 4 is 10.0 Å². The number of aliphatic hydroxyl groups is 1. The number of aromatic nitrogens is 2. The summed E-state index contributed by atoms with van der Waals surface area (Å²) in [5.74, 6) is 0. The van der Waals surface area contributed by atoms with E-state index in [-0.39, 0.29) is 22.4 Å². The molecule has 6 nitrogen and oxygen atoms in total. The van der Waals surface area contributed by atoms with E-state index >= 15 is 0 Å². The standard InChI is InChI=1S/C8H12F3N3O3S/c1-13(6-8(9,10)11)18(16,17)7-4-12-14(5-7)2-3-15/h4-5,15H,2-3,6H2,1H3. The second-order valence-corrected chi connectivity index (χ2v) is 5.58. The van der Waals surface area contributed by atoms with Crippen molar-refractivity contribution in [3.8, 4) is 0 Å². The summed E-state index contributed by atoms with van der Waals surface area (Å²) in [7, 11) is -3.38. The zero-order chi connectivity index (χ0) is 14.0.